The minimum Gasteiger partial charge on any atom is -0.508 e. The molecule has 26 heavy (non-hydrogen) atoms. The Bertz CT molecular complexity index is 916. The largest absolute Gasteiger partial charge is 0.508 e. The number of anilines is 1. The van der Waals surface area contributed by atoms with E-state index in [4.69, 9.17) is 28.6 Å². The van der Waals surface area contributed by atoms with E-state index in [2.05, 4.69) is 10.3 Å². The Morgan fingerprint density at radius 1 is 1.35 bits per heavy atom. The lowest BCUT2D eigenvalue weighted by Gasteiger charge is -2.22. The molecule has 2 aromatic carbocycles. The minimum atomic E-state index is -1.15. The van der Waals surface area contributed by atoms with E-state index in [-0.39, 0.29) is 21.3 Å². The summed E-state index contributed by atoms with van der Waals surface area (Å²) >= 11 is 11.6. The molecule has 1 aliphatic rings. The number of aliphatic imine (C=N–C) groups is 1. The number of phenols is 1. The zero-order chi connectivity index (χ0) is 18.8. The van der Waals surface area contributed by atoms with Crippen LogP contribution in [0.15, 0.2) is 41.4 Å². The Labute approximate surface area is 160 Å². The second kappa shape index (κ2) is 7.31. The summed E-state index contributed by atoms with van der Waals surface area (Å²) in [6, 6.07) is 8.59. The molecule has 0 aliphatic carbocycles. The van der Waals surface area contributed by atoms with Crippen molar-refractivity contribution in [3.63, 3.8) is 0 Å². The van der Waals surface area contributed by atoms with Crippen LogP contribution in [0.5, 0.6) is 11.5 Å². The Kier molecular flexibility index (Phi) is 5.11. The van der Waals surface area contributed by atoms with E-state index < -0.39 is 17.9 Å². The molecule has 0 fully saturated rings. The second-order valence-corrected chi connectivity index (χ2v) is 6.53. The molecule has 0 saturated heterocycles. The lowest BCUT2D eigenvalue weighted by Crippen LogP contribution is -2.34. The maximum absolute atomic E-state index is 12.0. The first-order valence-corrected chi connectivity index (χ1v) is 8.42. The Balaban J connectivity index is 2.04. The SMILES string of the molecule is COc1ccc2c(c1)C=NC(C(C(=O)O)c1cc(O)ccc1Cl)C(=S)N2. The molecule has 1 heterocycles. The fraction of sp³-hybridized carbons (Fsp3) is 0.167. The first-order chi connectivity index (χ1) is 12.4. The Morgan fingerprint density at radius 2 is 2.12 bits per heavy atom. The van der Waals surface area contributed by atoms with Gasteiger partial charge >= 0.3 is 5.97 Å². The third kappa shape index (κ3) is 3.49. The number of hydrogen-bond donors (Lipinski definition) is 3. The number of carboxylic acids is 1. The number of halogens is 1. The van der Waals surface area contributed by atoms with E-state index in [0.717, 1.165) is 5.56 Å². The molecule has 0 amide bonds. The predicted octanol–water partition coefficient (Wildman–Crippen LogP) is 3.46. The van der Waals surface area contributed by atoms with Gasteiger partial charge in [-0.3, -0.25) is 9.79 Å². The first kappa shape index (κ1) is 18.2. The zero-order valence-electron chi connectivity index (χ0n) is 13.6. The van der Waals surface area contributed by atoms with Gasteiger partial charge in [0.05, 0.1) is 7.11 Å². The number of nitrogens with one attached hydrogen (secondary N) is 1. The fourth-order valence-electron chi connectivity index (χ4n) is 2.77. The molecule has 2 aromatic rings. The number of methoxy groups -OCH3 is 1. The summed E-state index contributed by atoms with van der Waals surface area (Å²) in [5.74, 6) is -1.73. The van der Waals surface area contributed by atoms with Crippen LogP contribution in [-0.4, -0.2) is 40.5 Å². The van der Waals surface area contributed by atoms with E-state index in [0.29, 0.717) is 11.4 Å². The molecule has 8 heteroatoms. The summed E-state index contributed by atoms with van der Waals surface area (Å²) in [6.45, 7) is 0. The van der Waals surface area contributed by atoms with Crippen LogP contribution in [-0.2, 0) is 4.79 Å². The predicted molar refractivity (Wildman–Crippen MR) is 104 cm³/mol. The van der Waals surface area contributed by atoms with Gasteiger partial charge in [-0.25, -0.2) is 0 Å². The number of ether oxygens (including phenoxy) is 1. The summed E-state index contributed by atoms with van der Waals surface area (Å²) in [4.78, 5) is 16.6. The number of aromatic hydroxyl groups is 1. The van der Waals surface area contributed by atoms with Gasteiger partial charge in [-0.15, -0.1) is 0 Å². The van der Waals surface area contributed by atoms with Crippen molar-refractivity contribution in [2.75, 3.05) is 12.4 Å². The molecule has 6 nitrogen and oxygen atoms in total. The van der Waals surface area contributed by atoms with Gasteiger partial charge in [0.15, 0.2) is 0 Å². The van der Waals surface area contributed by atoms with Crippen LogP contribution in [0.25, 0.3) is 0 Å². The van der Waals surface area contributed by atoms with Crippen molar-refractivity contribution in [2.45, 2.75) is 12.0 Å². The lowest BCUT2D eigenvalue weighted by molar-refractivity contribution is -0.138. The average Bonchev–Trinajstić information content (AvgIpc) is 2.76. The van der Waals surface area contributed by atoms with Crippen LogP contribution in [0, 0.1) is 0 Å². The van der Waals surface area contributed by atoms with Gasteiger partial charge in [0.2, 0.25) is 0 Å². The quantitative estimate of drug-likeness (QED) is 0.692. The van der Waals surface area contributed by atoms with E-state index >= 15 is 0 Å². The van der Waals surface area contributed by atoms with E-state index in [1.165, 1.54) is 18.2 Å². The monoisotopic (exact) mass is 390 g/mol. The number of benzodiazepines with no additional fused rings is 1. The zero-order valence-corrected chi connectivity index (χ0v) is 15.2. The normalized spacial score (nSPS) is 17.0. The molecule has 134 valence electrons. The molecular formula is C18H15ClN2O4S. The van der Waals surface area contributed by atoms with Crippen LogP contribution >= 0.6 is 23.8 Å². The standard InChI is InChI=1S/C18H15ClN2O4S/c1-25-11-3-5-14-9(6-11)8-20-16(17(26)21-14)15(18(23)24)12-7-10(22)2-4-13(12)19/h2-8,15-16,22H,1H3,(H,21,26)(H,23,24). The van der Waals surface area contributed by atoms with Crippen molar-refractivity contribution in [1.29, 1.82) is 0 Å². The van der Waals surface area contributed by atoms with Crippen molar-refractivity contribution in [3.8, 4) is 11.5 Å². The van der Waals surface area contributed by atoms with E-state index in [1.807, 2.05) is 0 Å². The lowest BCUT2D eigenvalue weighted by atomic mass is 9.91. The van der Waals surface area contributed by atoms with Gasteiger partial charge in [-0.05, 0) is 42.0 Å². The average molecular weight is 391 g/mol. The molecular weight excluding hydrogens is 376 g/mol. The Hall–Kier alpha value is -2.64. The third-order valence-electron chi connectivity index (χ3n) is 4.06. The topological polar surface area (TPSA) is 91.2 Å². The molecule has 0 radical (unpaired) electrons. The van der Waals surface area contributed by atoms with Gasteiger partial charge in [0.25, 0.3) is 0 Å². The van der Waals surface area contributed by atoms with Gasteiger partial charge < -0.3 is 20.3 Å². The van der Waals surface area contributed by atoms with Gasteiger partial charge in [0, 0.05) is 22.5 Å². The number of thiocarbonyl (C=S) groups is 1. The van der Waals surface area contributed by atoms with Crippen molar-refractivity contribution < 1.29 is 19.7 Å². The van der Waals surface area contributed by atoms with Crippen LogP contribution in [0.1, 0.15) is 17.0 Å². The number of hydrogen-bond acceptors (Lipinski definition) is 5. The second-order valence-electron chi connectivity index (χ2n) is 5.69. The molecule has 2 unspecified atom stereocenters. The number of carboxylic acid groups (broad SMARTS) is 1. The first-order valence-electron chi connectivity index (χ1n) is 7.64. The summed E-state index contributed by atoms with van der Waals surface area (Å²) in [5, 5.41) is 22.8. The summed E-state index contributed by atoms with van der Waals surface area (Å²) < 4.78 is 5.20. The summed E-state index contributed by atoms with van der Waals surface area (Å²) in [5.41, 5.74) is 1.67. The number of benzene rings is 2. The molecule has 2 atom stereocenters. The number of nitrogens with zero attached hydrogens (tertiary/aromatic N) is 1. The highest BCUT2D eigenvalue weighted by molar-refractivity contribution is 7.80. The number of aliphatic carboxylic acids is 1. The van der Waals surface area contributed by atoms with Gasteiger partial charge in [0.1, 0.15) is 28.4 Å². The molecule has 0 bridgehead atoms. The molecule has 0 saturated carbocycles. The number of carbonyl (C=O) groups is 1. The number of phenolic OH excluding ortho intramolecular Hbond substituents is 1. The van der Waals surface area contributed by atoms with Crippen molar-refractivity contribution >= 4 is 46.7 Å². The molecule has 3 rings (SSSR count). The third-order valence-corrected chi connectivity index (χ3v) is 4.74. The highest BCUT2D eigenvalue weighted by Gasteiger charge is 2.35. The number of rotatable bonds is 4. The van der Waals surface area contributed by atoms with Crippen molar-refractivity contribution in [2.24, 2.45) is 4.99 Å². The smallest absolute Gasteiger partial charge is 0.313 e. The molecule has 0 aromatic heterocycles. The summed E-state index contributed by atoms with van der Waals surface area (Å²) in [7, 11) is 1.56. The summed E-state index contributed by atoms with van der Waals surface area (Å²) in [6.07, 6.45) is 1.56. The van der Waals surface area contributed by atoms with Crippen LogP contribution in [0.4, 0.5) is 5.69 Å². The maximum atomic E-state index is 12.0. The van der Waals surface area contributed by atoms with Crippen molar-refractivity contribution in [1.82, 2.24) is 0 Å². The van der Waals surface area contributed by atoms with E-state index in [1.54, 1.807) is 31.5 Å². The highest BCUT2D eigenvalue weighted by atomic mass is 35.5. The molecule has 3 N–H and O–H groups in total. The maximum Gasteiger partial charge on any atom is 0.313 e. The highest BCUT2D eigenvalue weighted by Crippen LogP contribution is 2.34. The van der Waals surface area contributed by atoms with Crippen molar-refractivity contribution in [3.05, 3.63) is 52.5 Å². The molecule has 1 aliphatic heterocycles. The van der Waals surface area contributed by atoms with Gasteiger partial charge in [-0.2, -0.15) is 0 Å². The fourth-order valence-corrected chi connectivity index (χ4v) is 3.31. The number of fused-ring (bicyclic) bond motifs is 1. The minimum absolute atomic E-state index is 0.0832. The van der Waals surface area contributed by atoms with Crippen LogP contribution in [0.2, 0.25) is 5.02 Å². The Morgan fingerprint density at radius 3 is 2.81 bits per heavy atom. The van der Waals surface area contributed by atoms with Crippen LogP contribution < -0.4 is 10.1 Å². The van der Waals surface area contributed by atoms with Gasteiger partial charge in [-0.1, -0.05) is 23.8 Å². The van der Waals surface area contributed by atoms with Crippen LogP contribution in [0.3, 0.4) is 0 Å². The molecule has 0 spiro atoms. The van der Waals surface area contributed by atoms with E-state index in [9.17, 15) is 15.0 Å².